The molecule has 0 fully saturated rings. The van der Waals surface area contributed by atoms with Gasteiger partial charge in [0.05, 0.1) is 16.6 Å². The molecule has 11 aromatic carbocycles. The van der Waals surface area contributed by atoms with Gasteiger partial charge in [-0.3, -0.25) is 0 Å². The minimum atomic E-state index is -2.30. The van der Waals surface area contributed by atoms with Crippen LogP contribution in [0.25, 0.3) is 115 Å². The standard InChI is InChI=1S/C71H51N3O3/c1-39(2)44-33-60-51-19-15-45(72(49-29-40(3)27-41(4)30-49)46-16-20-54-52-11-7-9-13-64(52)75-66(54)36-46)35-63(51)74-62-26-25-59-57(69(62)61(34-44)70(60)74)23-24-58-56-22-18-48(38-68(56)77-71(58)59)73(50-31-42(5)28-43(6)32-50)47-17-21-55-53-12-8-10-14-65(53)76-67(55)37-47/h7-39H,1-6H3/i5D3. The molecule has 0 saturated heterocycles. The Morgan fingerprint density at radius 3 is 1.42 bits per heavy atom. The maximum Gasteiger partial charge on any atom is 0.143 e. The van der Waals surface area contributed by atoms with E-state index in [9.17, 15) is 0 Å². The monoisotopic (exact) mass is 996 g/mol. The first kappa shape index (κ1) is 40.8. The van der Waals surface area contributed by atoms with Gasteiger partial charge in [-0.05, 0) is 182 Å². The molecule has 0 amide bonds. The molecule has 0 aliphatic heterocycles. The van der Waals surface area contributed by atoms with E-state index < -0.39 is 6.85 Å². The number of benzene rings is 11. The van der Waals surface area contributed by atoms with Crippen molar-refractivity contribution in [3.05, 3.63) is 222 Å². The Bertz CT molecular complexity index is 5270. The normalized spacial score (nSPS) is 13.1. The van der Waals surface area contributed by atoms with Gasteiger partial charge in [0.25, 0.3) is 0 Å². The lowest BCUT2D eigenvalue weighted by molar-refractivity contribution is 0.668. The average molecular weight is 997 g/mol. The largest absolute Gasteiger partial charge is 0.456 e. The SMILES string of the molecule is [2H]C([2H])([2H])c1cc(C)cc(N(c2ccc3c(c2)oc2ccccc23)c2ccc3c(c2)oc2c3ccc3c2ccc2c3c3cc(C(C)C)cc4c5ccc(N(c6cc(C)cc(C)c6)c6ccc7c(c6)oc6ccccc67)cc5n2c43)c1. The van der Waals surface area contributed by atoms with Gasteiger partial charge in [0, 0.05) is 116 Å². The first-order valence-electron chi connectivity index (χ1n) is 28.0. The van der Waals surface area contributed by atoms with Gasteiger partial charge in [0.15, 0.2) is 0 Å². The van der Waals surface area contributed by atoms with Crippen LogP contribution in [0, 0.1) is 27.6 Å². The molecule has 5 heterocycles. The molecule has 368 valence electrons. The predicted octanol–water partition coefficient (Wildman–Crippen LogP) is 21.0. The third-order valence-corrected chi connectivity index (χ3v) is 16.2. The fraction of sp³-hybridized carbons (Fsp3) is 0.0986. The van der Waals surface area contributed by atoms with Gasteiger partial charge in [0.1, 0.15) is 33.5 Å². The second-order valence-electron chi connectivity index (χ2n) is 21.6. The van der Waals surface area contributed by atoms with Crippen molar-refractivity contribution in [2.75, 3.05) is 9.80 Å². The van der Waals surface area contributed by atoms with Crippen molar-refractivity contribution in [1.29, 1.82) is 0 Å². The van der Waals surface area contributed by atoms with Crippen LogP contribution in [0.1, 0.15) is 51.7 Å². The number of rotatable bonds is 7. The molecule has 5 aromatic heterocycles. The molecule has 0 spiro atoms. The molecule has 0 aliphatic rings. The van der Waals surface area contributed by atoms with Crippen LogP contribution >= 0.6 is 0 Å². The van der Waals surface area contributed by atoms with Gasteiger partial charge in [0.2, 0.25) is 0 Å². The lowest BCUT2D eigenvalue weighted by Crippen LogP contribution is -2.10. The van der Waals surface area contributed by atoms with Crippen LogP contribution in [-0.2, 0) is 0 Å². The number of hydrogen-bond acceptors (Lipinski definition) is 5. The van der Waals surface area contributed by atoms with E-state index in [4.69, 9.17) is 17.4 Å². The molecule has 0 N–H and O–H groups in total. The van der Waals surface area contributed by atoms with Crippen molar-refractivity contribution in [2.45, 2.75) is 47.4 Å². The average Bonchev–Trinajstić information content (AvgIpc) is 4.45. The summed E-state index contributed by atoms with van der Waals surface area (Å²) in [6, 6.07) is 68.5. The zero-order valence-corrected chi connectivity index (χ0v) is 43.1. The smallest absolute Gasteiger partial charge is 0.143 e. The van der Waals surface area contributed by atoms with Crippen molar-refractivity contribution >= 4 is 149 Å². The van der Waals surface area contributed by atoms with Crippen LogP contribution in [0.3, 0.4) is 0 Å². The molecule has 0 aliphatic carbocycles. The number of fused-ring (bicyclic) bond motifs is 18. The number of nitrogens with zero attached hydrogens (tertiary/aromatic N) is 3. The third kappa shape index (κ3) is 6.48. The van der Waals surface area contributed by atoms with E-state index in [0.29, 0.717) is 5.92 Å². The highest BCUT2D eigenvalue weighted by atomic mass is 16.3. The maximum absolute atomic E-state index is 8.40. The quantitative estimate of drug-likeness (QED) is 0.159. The number of aromatic nitrogens is 1. The molecular formula is C71H51N3O3. The minimum Gasteiger partial charge on any atom is -0.456 e. The van der Waals surface area contributed by atoms with Crippen molar-refractivity contribution in [2.24, 2.45) is 0 Å². The summed E-state index contributed by atoms with van der Waals surface area (Å²) >= 11 is 0. The van der Waals surface area contributed by atoms with E-state index in [1.54, 1.807) is 12.1 Å². The number of para-hydroxylation sites is 2. The highest BCUT2D eigenvalue weighted by Gasteiger charge is 2.25. The fourth-order valence-corrected chi connectivity index (χ4v) is 12.9. The predicted molar refractivity (Wildman–Crippen MR) is 323 cm³/mol. The van der Waals surface area contributed by atoms with E-state index in [1.807, 2.05) is 49.4 Å². The Morgan fingerprint density at radius 2 is 0.818 bits per heavy atom. The van der Waals surface area contributed by atoms with Gasteiger partial charge in [-0.2, -0.15) is 0 Å². The Hall–Kier alpha value is -9.52. The molecule has 0 bridgehead atoms. The zero-order valence-electron chi connectivity index (χ0n) is 46.1. The van der Waals surface area contributed by atoms with Gasteiger partial charge in [-0.15, -0.1) is 0 Å². The molecule has 0 atom stereocenters. The molecule has 16 rings (SSSR count). The molecule has 0 saturated carbocycles. The first-order valence-corrected chi connectivity index (χ1v) is 26.5. The summed E-state index contributed by atoms with van der Waals surface area (Å²) in [6.07, 6.45) is 0. The maximum atomic E-state index is 8.40. The lowest BCUT2D eigenvalue weighted by atomic mass is 9.95. The number of aryl methyl sites for hydroxylation is 4. The second kappa shape index (κ2) is 16.0. The molecule has 16 aromatic rings. The van der Waals surface area contributed by atoms with Crippen molar-refractivity contribution in [3.63, 3.8) is 0 Å². The molecular weight excluding hydrogens is 943 g/mol. The van der Waals surface area contributed by atoms with Crippen LogP contribution in [0.2, 0.25) is 0 Å². The van der Waals surface area contributed by atoms with Crippen LogP contribution < -0.4 is 9.80 Å². The van der Waals surface area contributed by atoms with Crippen molar-refractivity contribution < 1.29 is 17.4 Å². The molecule has 6 heteroatoms. The van der Waals surface area contributed by atoms with Crippen LogP contribution in [0.5, 0.6) is 0 Å². The van der Waals surface area contributed by atoms with E-state index in [1.165, 1.54) is 43.8 Å². The molecule has 77 heavy (non-hydrogen) atoms. The summed E-state index contributed by atoms with van der Waals surface area (Å²) in [6.45, 7) is 8.53. The highest BCUT2D eigenvalue weighted by Crippen LogP contribution is 2.49. The zero-order chi connectivity index (χ0) is 54.0. The summed E-state index contributed by atoms with van der Waals surface area (Å²) in [7, 11) is 0. The van der Waals surface area contributed by atoms with Crippen LogP contribution in [0.15, 0.2) is 207 Å². The van der Waals surface area contributed by atoms with Gasteiger partial charge < -0.3 is 27.5 Å². The number of hydrogen-bond donors (Lipinski definition) is 0. The Kier molecular flexibility index (Phi) is 8.48. The van der Waals surface area contributed by atoms with Crippen molar-refractivity contribution in [3.8, 4) is 0 Å². The molecule has 6 nitrogen and oxygen atoms in total. The van der Waals surface area contributed by atoms with E-state index >= 15 is 0 Å². The van der Waals surface area contributed by atoms with Crippen LogP contribution in [0.4, 0.5) is 34.1 Å². The van der Waals surface area contributed by atoms with Gasteiger partial charge >= 0.3 is 0 Å². The fourth-order valence-electron chi connectivity index (χ4n) is 12.9. The van der Waals surface area contributed by atoms with Crippen molar-refractivity contribution in [1.82, 2.24) is 4.40 Å². The molecule has 0 unspecified atom stereocenters. The minimum absolute atomic E-state index is 0.277. The Morgan fingerprint density at radius 1 is 0.364 bits per heavy atom. The molecule has 0 radical (unpaired) electrons. The summed E-state index contributed by atoms with van der Waals surface area (Å²) in [5, 5.41) is 13.3. The van der Waals surface area contributed by atoms with Gasteiger partial charge in [-0.25, -0.2) is 0 Å². The van der Waals surface area contributed by atoms with E-state index in [2.05, 4.69) is 181 Å². The topological polar surface area (TPSA) is 50.3 Å². The van der Waals surface area contributed by atoms with Crippen LogP contribution in [-0.4, -0.2) is 4.40 Å². The second-order valence-corrected chi connectivity index (χ2v) is 21.6. The summed E-state index contributed by atoms with van der Waals surface area (Å²) in [4.78, 5) is 4.47. The van der Waals surface area contributed by atoms with E-state index in [0.717, 1.165) is 127 Å². The third-order valence-electron chi connectivity index (χ3n) is 16.2. The summed E-state index contributed by atoms with van der Waals surface area (Å²) < 4.78 is 47.7. The van der Waals surface area contributed by atoms with Gasteiger partial charge in [-0.1, -0.05) is 74.5 Å². The first-order chi connectivity index (χ1) is 38.8. The Balaban J connectivity index is 0.888. The highest BCUT2D eigenvalue weighted by molar-refractivity contribution is 6.31. The van der Waals surface area contributed by atoms with E-state index in [-0.39, 0.29) is 5.56 Å². The number of anilines is 6. The number of furan rings is 3. The summed E-state index contributed by atoms with van der Waals surface area (Å²) in [5.41, 5.74) is 18.6. The Labute approximate surface area is 447 Å². The summed E-state index contributed by atoms with van der Waals surface area (Å²) in [5.74, 6) is 0.303. The lowest BCUT2D eigenvalue weighted by Gasteiger charge is -2.26.